The van der Waals surface area contributed by atoms with Gasteiger partial charge < -0.3 is 10.2 Å². The van der Waals surface area contributed by atoms with Crippen LogP contribution in [0.1, 0.15) is 222 Å². The fraction of sp³-hybridized carbons (Fsp3) is 0.500. The Balaban J connectivity index is 0.000000237. The zero-order chi connectivity index (χ0) is 67.5. The van der Waals surface area contributed by atoms with Crippen molar-refractivity contribution in [3.63, 3.8) is 0 Å². The second kappa shape index (κ2) is 27.6. The van der Waals surface area contributed by atoms with Gasteiger partial charge in [0.15, 0.2) is 5.69 Å². The van der Waals surface area contributed by atoms with Crippen molar-refractivity contribution in [2.24, 2.45) is 21.1 Å². The maximum absolute atomic E-state index is 13.5. The molecule has 0 fully saturated rings. The smallest absolute Gasteiger partial charge is 0.329 e. The Labute approximate surface area is 544 Å². The summed E-state index contributed by atoms with van der Waals surface area (Å²) in [4.78, 5) is 40.4. The summed E-state index contributed by atoms with van der Waals surface area (Å²) >= 11 is 0. The van der Waals surface area contributed by atoms with Crippen LogP contribution in [0, 0.1) is 20.9 Å². The van der Waals surface area contributed by atoms with E-state index in [1.807, 2.05) is 82.8 Å². The molecule has 16 nitrogen and oxygen atoms in total. The van der Waals surface area contributed by atoms with Crippen LogP contribution in [0.15, 0.2) is 129 Å². The number of nitro benzene ring substituents is 1. The van der Waals surface area contributed by atoms with E-state index in [1.165, 1.54) is 6.07 Å². The Morgan fingerprint density at radius 2 is 0.815 bits per heavy atom. The third-order valence-corrected chi connectivity index (χ3v) is 18.3. The lowest BCUT2D eigenvalue weighted by Gasteiger charge is -2.35. The summed E-state index contributed by atoms with van der Waals surface area (Å²) in [6.07, 6.45) is 9.09. The van der Waals surface area contributed by atoms with E-state index < -0.39 is 15.8 Å². The minimum absolute atomic E-state index is 0.0211. The zero-order valence-electron chi connectivity index (χ0n) is 58.3. The SMILES string of the molecule is CCCCn1c(=O)n(CCCC)c2cc([N+](=O)[O-])c(N=Nc3cc(C(C)(C)CC(C)(C)C)cc(C(C)(C)c4ccccc4)c3O)cc21.CCCCn1c(=O)n(CCCC)c2cc3nn(-c4cc(C(C)(C)CC(C)(C)C)cc(C(C)(C)c5ccccc5)c4O)nc3cc21. The van der Waals surface area contributed by atoms with Gasteiger partial charge in [0.25, 0.3) is 5.69 Å². The van der Waals surface area contributed by atoms with E-state index >= 15 is 0 Å². The van der Waals surface area contributed by atoms with Crippen molar-refractivity contribution < 1.29 is 15.1 Å². The van der Waals surface area contributed by atoms with E-state index in [0.717, 1.165) is 103 Å². The number of phenolic OH excluding ortho intramolecular Hbond substituents is 2. The molecule has 92 heavy (non-hydrogen) atoms. The van der Waals surface area contributed by atoms with Crippen molar-refractivity contribution >= 4 is 50.2 Å². The maximum Gasteiger partial charge on any atom is 0.329 e. The van der Waals surface area contributed by atoms with Crippen LogP contribution in [-0.2, 0) is 47.8 Å². The van der Waals surface area contributed by atoms with Crippen molar-refractivity contribution in [2.45, 2.75) is 237 Å². The average molecular weight is 1250 g/mol. The molecule has 6 aromatic carbocycles. The van der Waals surface area contributed by atoms with Gasteiger partial charge in [0.2, 0.25) is 0 Å². The third kappa shape index (κ3) is 15.0. The molecule has 9 rings (SSSR count). The Bertz CT molecular complexity index is 4170. The molecule has 0 saturated heterocycles. The van der Waals surface area contributed by atoms with E-state index in [-0.39, 0.29) is 61.6 Å². The lowest BCUT2D eigenvalue weighted by Crippen LogP contribution is -2.27. The Hall–Kier alpha value is -8.14. The first-order valence-electron chi connectivity index (χ1n) is 33.4. The number of rotatable bonds is 24. The van der Waals surface area contributed by atoms with Crippen molar-refractivity contribution in [1.29, 1.82) is 0 Å². The molecule has 0 aliphatic carbocycles. The summed E-state index contributed by atoms with van der Waals surface area (Å²) in [5, 5.41) is 54.9. The molecule has 9 aromatic rings. The molecule has 0 spiro atoms. The first-order chi connectivity index (χ1) is 43.2. The number of hydrogen-bond donors (Lipinski definition) is 2. The number of benzene rings is 6. The van der Waals surface area contributed by atoms with Gasteiger partial charge in [-0.3, -0.25) is 28.4 Å². The number of aryl methyl sites for hydroxylation is 4. The lowest BCUT2D eigenvalue weighted by atomic mass is 9.70. The first-order valence-corrected chi connectivity index (χ1v) is 33.4. The molecular formula is C76H102N10O6. The van der Waals surface area contributed by atoms with Gasteiger partial charge in [0.1, 0.15) is 33.9 Å². The van der Waals surface area contributed by atoms with Crippen LogP contribution in [0.5, 0.6) is 11.5 Å². The predicted molar refractivity (Wildman–Crippen MR) is 376 cm³/mol. The standard InChI is InChI=1S/C38H51N5O4.C38H51N5O2/c1-10-12-19-41-32-23-29(31(43(46)47)24-33(32)42(35(41)45)20-13-11-2)39-40-30-22-27(37(6,7)25-36(3,4)5)21-28(34(30)44)38(8,9)26-17-15-14-16-18-26;1-10-12-19-41-31-23-29-30(24-32(31)42(35(41)45)20-13-11-2)40-43(39-29)33-22-27(37(6,7)25-36(3,4)5)21-28(34(33)44)38(8,9)26-17-15-14-16-18-26/h14-18,21-24,44H,10-13,19-20,25H2,1-9H3;14-18,21-24,44H,10-13,19-20,25H2,1-9H3. The van der Waals surface area contributed by atoms with Crippen LogP contribution in [0.25, 0.3) is 38.8 Å². The van der Waals surface area contributed by atoms with E-state index in [4.69, 9.17) is 10.2 Å². The molecule has 0 radical (unpaired) electrons. The summed E-state index contributed by atoms with van der Waals surface area (Å²) in [7, 11) is 0. The van der Waals surface area contributed by atoms with Crippen LogP contribution >= 0.6 is 0 Å². The van der Waals surface area contributed by atoms with Gasteiger partial charge >= 0.3 is 11.4 Å². The maximum atomic E-state index is 13.5. The number of azo groups is 1. The van der Waals surface area contributed by atoms with Crippen LogP contribution in [0.3, 0.4) is 0 Å². The minimum atomic E-state index is -0.578. The van der Waals surface area contributed by atoms with Gasteiger partial charge in [0.05, 0.1) is 27.0 Å². The fourth-order valence-corrected chi connectivity index (χ4v) is 13.7. The van der Waals surface area contributed by atoms with E-state index in [1.54, 1.807) is 20.0 Å². The summed E-state index contributed by atoms with van der Waals surface area (Å²) in [6.45, 7) is 41.5. The number of phenols is 2. The second-order valence-corrected chi connectivity index (χ2v) is 30.2. The van der Waals surface area contributed by atoms with Gasteiger partial charge in [0, 0.05) is 54.2 Å². The highest BCUT2D eigenvalue weighted by Crippen LogP contribution is 2.49. The molecule has 0 bridgehead atoms. The van der Waals surface area contributed by atoms with Crippen molar-refractivity contribution in [2.75, 3.05) is 0 Å². The van der Waals surface area contributed by atoms with Crippen LogP contribution < -0.4 is 11.4 Å². The van der Waals surface area contributed by atoms with Gasteiger partial charge in [-0.15, -0.1) is 25.2 Å². The van der Waals surface area contributed by atoms with E-state index in [2.05, 4.69) is 158 Å². The highest BCUT2D eigenvalue weighted by Gasteiger charge is 2.36. The molecule has 0 atom stereocenters. The summed E-state index contributed by atoms with van der Waals surface area (Å²) in [5.74, 6) is 0.156. The van der Waals surface area contributed by atoms with Crippen LogP contribution in [0.4, 0.5) is 17.1 Å². The Morgan fingerprint density at radius 3 is 1.20 bits per heavy atom. The first kappa shape index (κ1) is 69.7. The summed E-state index contributed by atoms with van der Waals surface area (Å²) < 4.78 is 7.10. The molecule has 492 valence electrons. The largest absolute Gasteiger partial charge is 0.505 e. The Kier molecular flexibility index (Phi) is 20.9. The monoisotopic (exact) mass is 1250 g/mol. The van der Waals surface area contributed by atoms with Crippen molar-refractivity contribution in [1.82, 2.24) is 33.3 Å². The number of aromatic nitrogens is 7. The lowest BCUT2D eigenvalue weighted by molar-refractivity contribution is -0.384. The minimum Gasteiger partial charge on any atom is -0.505 e. The quantitative estimate of drug-likeness (QED) is 0.0339. The molecular weight excluding hydrogens is 1150 g/mol. The number of hydrogen-bond acceptors (Lipinski definition) is 10. The molecule has 0 aliphatic heterocycles. The topological polar surface area (TPSA) is 193 Å². The number of aromatic hydroxyl groups is 2. The summed E-state index contributed by atoms with van der Waals surface area (Å²) in [5.41, 5.74) is 9.19. The molecule has 0 saturated carbocycles. The zero-order valence-corrected chi connectivity index (χ0v) is 58.3. The third-order valence-electron chi connectivity index (χ3n) is 18.3. The highest BCUT2D eigenvalue weighted by atomic mass is 16.6. The number of nitrogens with zero attached hydrogens (tertiary/aromatic N) is 10. The summed E-state index contributed by atoms with van der Waals surface area (Å²) in [6, 6.07) is 35.5. The number of imidazole rings is 2. The van der Waals surface area contributed by atoms with Crippen LogP contribution in [0.2, 0.25) is 0 Å². The molecule has 16 heteroatoms. The molecule has 3 heterocycles. The number of fused-ring (bicyclic) bond motifs is 3. The molecule has 0 aliphatic rings. The number of unbranched alkanes of at least 4 members (excludes halogenated alkanes) is 4. The molecule has 0 amide bonds. The highest BCUT2D eigenvalue weighted by molar-refractivity contribution is 5.91. The van der Waals surface area contributed by atoms with E-state index in [9.17, 15) is 29.9 Å². The number of nitro groups is 1. The normalized spacial score (nSPS) is 12.8. The van der Waals surface area contributed by atoms with Crippen molar-refractivity contribution in [3.05, 3.63) is 174 Å². The van der Waals surface area contributed by atoms with Gasteiger partial charge in [-0.25, -0.2) is 9.59 Å². The van der Waals surface area contributed by atoms with Crippen molar-refractivity contribution in [3.8, 4) is 17.2 Å². The van der Waals surface area contributed by atoms with Gasteiger partial charge in [-0.2, -0.15) is 0 Å². The predicted octanol–water partition coefficient (Wildman–Crippen LogP) is 19.4. The van der Waals surface area contributed by atoms with Crippen LogP contribution in [-0.4, -0.2) is 48.4 Å². The molecule has 0 unspecified atom stereocenters. The van der Waals surface area contributed by atoms with Gasteiger partial charge in [-0.05, 0) is 113 Å². The Morgan fingerprint density at radius 1 is 0.457 bits per heavy atom. The second-order valence-electron chi connectivity index (χ2n) is 30.2. The van der Waals surface area contributed by atoms with Gasteiger partial charge in [-0.1, -0.05) is 223 Å². The molecule has 3 aromatic heterocycles. The average Bonchev–Trinajstić information content (AvgIpc) is 1.37. The fourth-order valence-electron chi connectivity index (χ4n) is 13.7. The van der Waals surface area contributed by atoms with E-state index in [0.29, 0.717) is 59.5 Å². The molecule has 2 N–H and O–H groups in total.